The molecule has 1 aromatic heterocycles. The molecule has 0 aliphatic heterocycles. The fraction of sp³-hybridized carbons (Fsp3) is 0.125. The van der Waals surface area contributed by atoms with E-state index in [4.69, 9.17) is 4.52 Å². The molecule has 0 atom stereocenters. The van der Waals surface area contributed by atoms with Gasteiger partial charge in [0.15, 0.2) is 5.82 Å². The summed E-state index contributed by atoms with van der Waals surface area (Å²) in [6, 6.07) is 16.9. The smallest absolute Gasteiger partial charge is 0.257 e. The average molecular weight is 266 g/mol. The standard InChI is InChI=1S/C16H14N2O2/c19-14-9-7-13(8-10-14)16-17-15(18-20-16)11-6-12-4-2-1-3-5-12/h1-5,7-10,19H,6,11H2. The minimum absolute atomic E-state index is 0.220. The zero-order valence-electron chi connectivity index (χ0n) is 10.9. The number of hydrogen-bond acceptors (Lipinski definition) is 4. The Balaban J connectivity index is 1.69. The van der Waals surface area contributed by atoms with Gasteiger partial charge in [-0.2, -0.15) is 4.98 Å². The van der Waals surface area contributed by atoms with E-state index in [0.29, 0.717) is 11.7 Å². The summed E-state index contributed by atoms with van der Waals surface area (Å²) in [4.78, 5) is 4.37. The van der Waals surface area contributed by atoms with Gasteiger partial charge < -0.3 is 9.63 Å². The molecule has 3 rings (SSSR count). The molecule has 0 saturated heterocycles. The Hall–Kier alpha value is -2.62. The van der Waals surface area contributed by atoms with E-state index in [1.165, 1.54) is 5.56 Å². The van der Waals surface area contributed by atoms with Gasteiger partial charge >= 0.3 is 0 Å². The number of aromatic nitrogens is 2. The topological polar surface area (TPSA) is 59.2 Å². The SMILES string of the molecule is Oc1ccc(-c2nc(CCc3ccccc3)no2)cc1. The van der Waals surface area contributed by atoms with Gasteiger partial charge in [0.25, 0.3) is 5.89 Å². The summed E-state index contributed by atoms with van der Waals surface area (Å²) < 4.78 is 5.24. The van der Waals surface area contributed by atoms with Gasteiger partial charge in [-0.3, -0.25) is 0 Å². The molecule has 2 aromatic carbocycles. The fourth-order valence-electron chi connectivity index (χ4n) is 1.98. The van der Waals surface area contributed by atoms with E-state index in [1.54, 1.807) is 24.3 Å². The minimum Gasteiger partial charge on any atom is -0.508 e. The van der Waals surface area contributed by atoms with Crippen LogP contribution in [0.3, 0.4) is 0 Å². The van der Waals surface area contributed by atoms with Crippen LogP contribution >= 0.6 is 0 Å². The second-order valence-corrected chi connectivity index (χ2v) is 4.55. The van der Waals surface area contributed by atoms with E-state index in [-0.39, 0.29) is 5.75 Å². The number of rotatable bonds is 4. The monoisotopic (exact) mass is 266 g/mol. The van der Waals surface area contributed by atoms with Crippen molar-refractivity contribution in [2.45, 2.75) is 12.8 Å². The molecule has 1 N–H and O–H groups in total. The van der Waals surface area contributed by atoms with Crippen molar-refractivity contribution in [3.63, 3.8) is 0 Å². The first kappa shape index (κ1) is 12.4. The maximum absolute atomic E-state index is 9.25. The molecule has 4 nitrogen and oxygen atoms in total. The number of phenolic OH excluding ortho intramolecular Hbond substituents is 1. The number of aromatic hydroxyl groups is 1. The third-order valence-corrected chi connectivity index (χ3v) is 3.06. The molecule has 100 valence electrons. The fourth-order valence-corrected chi connectivity index (χ4v) is 1.98. The maximum atomic E-state index is 9.25. The largest absolute Gasteiger partial charge is 0.508 e. The van der Waals surface area contributed by atoms with Gasteiger partial charge in [0, 0.05) is 12.0 Å². The molecule has 0 unspecified atom stereocenters. The van der Waals surface area contributed by atoms with Crippen molar-refractivity contribution in [3.8, 4) is 17.2 Å². The van der Waals surface area contributed by atoms with Crippen LogP contribution in [0, 0.1) is 0 Å². The molecule has 0 amide bonds. The van der Waals surface area contributed by atoms with Crippen molar-refractivity contribution in [1.82, 2.24) is 10.1 Å². The van der Waals surface area contributed by atoms with Crippen molar-refractivity contribution in [2.75, 3.05) is 0 Å². The first-order valence-corrected chi connectivity index (χ1v) is 6.47. The third-order valence-electron chi connectivity index (χ3n) is 3.06. The highest BCUT2D eigenvalue weighted by Gasteiger charge is 2.08. The Morgan fingerprint density at radius 3 is 2.40 bits per heavy atom. The highest BCUT2D eigenvalue weighted by atomic mass is 16.5. The second kappa shape index (κ2) is 5.57. The van der Waals surface area contributed by atoms with Crippen LogP contribution in [0.25, 0.3) is 11.5 Å². The summed E-state index contributed by atoms with van der Waals surface area (Å²) >= 11 is 0. The minimum atomic E-state index is 0.220. The summed E-state index contributed by atoms with van der Waals surface area (Å²) in [5.41, 5.74) is 2.06. The molecule has 0 saturated carbocycles. The van der Waals surface area contributed by atoms with E-state index in [1.807, 2.05) is 18.2 Å². The zero-order valence-corrected chi connectivity index (χ0v) is 10.9. The Morgan fingerprint density at radius 2 is 1.65 bits per heavy atom. The summed E-state index contributed by atoms with van der Waals surface area (Å²) in [7, 11) is 0. The molecule has 0 bridgehead atoms. The predicted molar refractivity (Wildman–Crippen MR) is 75.2 cm³/mol. The van der Waals surface area contributed by atoms with Crippen LogP contribution in [-0.2, 0) is 12.8 Å². The summed E-state index contributed by atoms with van der Waals surface area (Å²) in [6.45, 7) is 0. The summed E-state index contributed by atoms with van der Waals surface area (Å²) in [6.07, 6.45) is 1.63. The number of aryl methyl sites for hydroxylation is 2. The van der Waals surface area contributed by atoms with Crippen LogP contribution in [0.5, 0.6) is 5.75 Å². The van der Waals surface area contributed by atoms with Gasteiger partial charge in [0.2, 0.25) is 0 Å². The summed E-state index contributed by atoms with van der Waals surface area (Å²) in [5, 5.41) is 13.2. The van der Waals surface area contributed by atoms with Crippen molar-refractivity contribution in [3.05, 3.63) is 66.0 Å². The lowest BCUT2D eigenvalue weighted by Gasteiger charge is -1.96. The first-order valence-electron chi connectivity index (χ1n) is 6.47. The van der Waals surface area contributed by atoms with E-state index in [9.17, 15) is 5.11 Å². The third kappa shape index (κ3) is 2.85. The van der Waals surface area contributed by atoms with E-state index < -0.39 is 0 Å². The molecular formula is C16H14N2O2. The van der Waals surface area contributed by atoms with Crippen LogP contribution in [-0.4, -0.2) is 15.2 Å². The Labute approximate surface area is 116 Å². The van der Waals surface area contributed by atoms with Crippen LogP contribution in [0.15, 0.2) is 59.1 Å². The van der Waals surface area contributed by atoms with Crippen molar-refractivity contribution >= 4 is 0 Å². The number of hydrogen-bond donors (Lipinski definition) is 1. The second-order valence-electron chi connectivity index (χ2n) is 4.55. The van der Waals surface area contributed by atoms with Crippen LogP contribution in [0.4, 0.5) is 0 Å². The van der Waals surface area contributed by atoms with Crippen molar-refractivity contribution in [1.29, 1.82) is 0 Å². The van der Waals surface area contributed by atoms with Gasteiger partial charge in [0.1, 0.15) is 5.75 Å². The van der Waals surface area contributed by atoms with Gasteiger partial charge in [-0.05, 0) is 36.2 Å². The highest BCUT2D eigenvalue weighted by molar-refractivity contribution is 5.53. The van der Waals surface area contributed by atoms with Crippen LogP contribution in [0.2, 0.25) is 0 Å². The van der Waals surface area contributed by atoms with Gasteiger partial charge in [-0.25, -0.2) is 0 Å². The molecular weight excluding hydrogens is 252 g/mol. The lowest BCUT2D eigenvalue weighted by Crippen LogP contribution is -1.93. The lowest BCUT2D eigenvalue weighted by atomic mass is 10.1. The molecule has 0 fully saturated rings. The normalized spacial score (nSPS) is 10.6. The first-order chi connectivity index (χ1) is 9.81. The average Bonchev–Trinajstić information content (AvgIpc) is 2.96. The molecule has 4 heteroatoms. The highest BCUT2D eigenvalue weighted by Crippen LogP contribution is 2.20. The molecule has 20 heavy (non-hydrogen) atoms. The number of phenols is 1. The van der Waals surface area contributed by atoms with Crippen molar-refractivity contribution in [2.24, 2.45) is 0 Å². The number of benzene rings is 2. The summed E-state index contributed by atoms with van der Waals surface area (Å²) in [5.74, 6) is 1.39. The van der Waals surface area contributed by atoms with Crippen LogP contribution < -0.4 is 0 Å². The maximum Gasteiger partial charge on any atom is 0.257 e. The molecule has 0 spiro atoms. The quantitative estimate of drug-likeness (QED) is 0.787. The molecule has 0 aliphatic rings. The Bertz CT molecular complexity index is 675. The van der Waals surface area contributed by atoms with Crippen molar-refractivity contribution < 1.29 is 9.63 Å². The van der Waals surface area contributed by atoms with Gasteiger partial charge in [-0.1, -0.05) is 35.5 Å². The van der Waals surface area contributed by atoms with Gasteiger partial charge in [0.05, 0.1) is 0 Å². The number of nitrogens with zero attached hydrogens (tertiary/aromatic N) is 2. The van der Waals surface area contributed by atoms with Gasteiger partial charge in [-0.15, -0.1) is 0 Å². The van der Waals surface area contributed by atoms with Crippen LogP contribution in [0.1, 0.15) is 11.4 Å². The van der Waals surface area contributed by atoms with E-state index >= 15 is 0 Å². The predicted octanol–water partition coefficient (Wildman–Crippen LogP) is 3.23. The zero-order chi connectivity index (χ0) is 13.8. The molecule has 0 aliphatic carbocycles. The molecule has 1 heterocycles. The Kier molecular flexibility index (Phi) is 3.46. The van der Waals surface area contributed by atoms with E-state index in [2.05, 4.69) is 22.3 Å². The molecule has 0 radical (unpaired) electrons. The Morgan fingerprint density at radius 1 is 0.900 bits per heavy atom. The lowest BCUT2D eigenvalue weighted by molar-refractivity contribution is 0.422. The molecule has 3 aromatic rings. The van der Waals surface area contributed by atoms with E-state index in [0.717, 1.165) is 18.4 Å².